The average Bonchev–Trinajstić information content (AvgIpc) is 2.08. The molecule has 1 aliphatic rings. The lowest BCUT2D eigenvalue weighted by Gasteiger charge is -2.35. The van der Waals surface area contributed by atoms with E-state index in [4.69, 9.17) is 5.11 Å². The SMILES string of the molecule is CC(CC(=O)O)N1CCN(C)C(=O)C1. The van der Waals surface area contributed by atoms with E-state index in [1.165, 1.54) is 0 Å². The summed E-state index contributed by atoms with van der Waals surface area (Å²) in [6, 6.07) is -0.0647. The Morgan fingerprint density at radius 3 is 2.71 bits per heavy atom. The van der Waals surface area contributed by atoms with E-state index in [0.29, 0.717) is 13.1 Å². The van der Waals surface area contributed by atoms with Crippen LogP contribution >= 0.6 is 0 Å². The van der Waals surface area contributed by atoms with Crippen molar-refractivity contribution in [3.63, 3.8) is 0 Å². The first-order valence-electron chi connectivity index (χ1n) is 4.70. The van der Waals surface area contributed by atoms with Gasteiger partial charge in [-0.05, 0) is 6.92 Å². The van der Waals surface area contributed by atoms with Gasteiger partial charge in [0.25, 0.3) is 0 Å². The minimum absolute atomic E-state index is 0.0634. The Morgan fingerprint density at radius 2 is 2.21 bits per heavy atom. The number of rotatable bonds is 3. The largest absolute Gasteiger partial charge is 0.481 e. The first kappa shape index (κ1) is 11.0. The van der Waals surface area contributed by atoms with Crippen LogP contribution in [0.3, 0.4) is 0 Å². The highest BCUT2D eigenvalue weighted by Crippen LogP contribution is 2.08. The average molecular weight is 200 g/mol. The quantitative estimate of drug-likeness (QED) is 0.675. The van der Waals surface area contributed by atoms with Gasteiger partial charge in [-0.25, -0.2) is 0 Å². The zero-order chi connectivity index (χ0) is 10.7. The van der Waals surface area contributed by atoms with E-state index in [0.717, 1.165) is 6.54 Å². The van der Waals surface area contributed by atoms with Crippen LogP contribution in [0.1, 0.15) is 13.3 Å². The molecule has 80 valence electrons. The lowest BCUT2D eigenvalue weighted by Crippen LogP contribution is -2.51. The molecule has 1 unspecified atom stereocenters. The van der Waals surface area contributed by atoms with E-state index in [2.05, 4.69) is 0 Å². The van der Waals surface area contributed by atoms with Crippen molar-refractivity contribution in [2.75, 3.05) is 26.7 Å². The van der Waals surface area contributed by atoms with Crippen molar-refractivity contribution in [2.45, 2.75) is 19.4 Å². The fraction of sp³-hybridized carbons (Fsp3) is 0.778. The molecular weight excluding hydrogens is 184 g/mol. The number of nitrogens with zero attached hydrogens (tertiary/aromatic N) is 2. The lowest BCUT2D eigenvalue weighted by molar-refractivity contribution is -0.141. The highest BCUT2D eigenvalue weighted by atomic mass is 16.4. The molecule has 0 radical (unpaired) electrons. The summed E-state index contributed by atoms with van der Waals surface area (Å²) in [5, 5.41) is 8.61. The molecule has 1 fully saturated rings. The van der Waals surface area contributed by atoms with Gasteiger partial charge in [0, 0.05) is 26.2 Å². The van der Waals surface area contributed by atoms with Gasteiger partial charge in [-0.15, -0.1) is 0 Å². The molecule has 0 aromatic carbocycles. The van der Waals surface area contributed by atoms with Crippen molar-refractivity contribution in [1.29, 1.82) is 0 Å². The molecule has 1 N–H and O–H groups in total. The Hall–Kier alpha value is -1.10. The van der Waals surface area contributed by atoms with Gasteiger partial charge in [0.05, 0.1) is 13.0 Å². The molecule has 0 saturated carbocycles. The molecule has 1 atom stereocenters. The fourth-order valence-corrected chi connectivity index (χ4v) is 1.53. The van der Waals surface area contributed by atoms with Gasteiger partial charge in [-0.1, -0.05) is 0 Å². The lowest BCUT2D eigenvalue weighted by atomic mass is 10.2. The molecular formula is C9H16N2O3. The number of carbonyl (C=O) groups is 2. The zero-order valence-electron chi connectivity index (χ0n) is 8.56. The molecule has 5 nitrogen and oxygen atoms in total. The van der Waals surface area contributed by atoms with Crippen LogP contribution in [0.5, 0.6) is 0 Å². The highest BCUT2D eigenvalue weighted by molar-refractivity contribution is 5.78. The fourth-order valence-electron chi connectivity index (χ4n) is 1.53. The van der Waals surface area contributed by atoms with Crippen molar-refractivity contribution in [3.8, 4) is 0 Å². The first-order chi connectivity index (χ1) is 6.50. The summed E-state index contributed by atoms with van der Waals surface area (Å²) < 4.78 is 0. The molecule has 0 aromatic rings. The van der Waals surface area contributed by atoms with E-state index >= 15 is 0 Å². The Morgan fingerprint density at radius 1 is 1.57 bits per heavy atom. The molecule has 5 heteroatoms. The smallest absolute Gasteiger partial charge is 0.304 e. The summed E-state index contributed by atoms with van der Waals surface area (Å²) in [7, 11) is 1.77. The van der Waals surface area contributed by atoms with Crippen LogP contribution in [0, 0.1) is 0 Å². The van der Waals surface area contributed by atoms with Crippen LogP contribution in [0.4, 0.5) is 0 Å². The van der Waals surface area contributed by atoms with Crippen LogP contribution in [-0.4, -0.2) is 59.5 Å². The highest BCUT2D eigenvalue weighted by Gasteiger charge is 2.25. The maximum absolute atomic E-state index is 11.3. The number of carboxylic acid groups (broad SMARTS) is 1. The standard InChI is InChI=1S/C9H16N2O3/c1-7(5-9(13)14)11-4-3-10(2)8(12)6-11/h7H,3-6H2,1-2H3,(H,13,14). The van der Waals surface area contributed by atoms with Gasteiger partial charge < -0.3 is 10.0 Å². The van der Waals surface area contributed by atoms with Gasteiger partial charge >= 0.3 is 5.97 Å². The Kier molecular flexibility index (Phi) is 3.46. The molecule has 1 saturated heterocycles. The minimum Gasteiger partial charge on any atom is -0.481 e. The van der Waals surface area contributed by atoms with Gasteiger partial charge in [0.2, 0.25) is 5.91 Å². The summed E-state index contributed by atoms with van der Waals surface area (Å²) in [5.74, 6) is -0.752. The summed E-state index contributed by atoms with van der Waals surface area (Å²) in [6.07, 6.45) is 0.0942. The van der Waals surface area contributed by atoms with E-state index in [-0.39, 0.29) is 18.4 Å². The summed E-state index contributed by atoms with van der Waals surface area (Å²) in [4.78, 5) is 25.4. The Bertz CT molecular complexity index is 242. The minimum atomic E-state index is -0.816. The maximum Gasteiger partial charge on any atom is 0.304 e. The third kappa shape index (κ3) is 2.70. The zero-order valence-corrected chi connectivity index (χ0v) is 8.56. The van der Waals surface area contributed by atoms with Crippen molar-refractivity contribution in [1.82, 2.24) is 9.80 Å². The maximum atomic E-state index is 11.3. The second-order valence-electron chi connectivity index (χ2n) is 3.73. The monoisotopic (exact) mass is 200 g/mol. The predicted octanol–water partition coefficient (Wildman–Crippen LogP) is -0.376. The van der Waals surface area contributed by atoms with E-state index in [9.17, 15) is 9.59 Å². The van der Waals surface area contributed by atoms with Gasteiger partial charge in [-0.3, -0.25) is 14.5 Å². The number of likely N-dealkylation sites (N-methyl/N-ethyl adjacent to an activating group) is 1. The number of hydrogen-bond donors (Lipinski definition) is 1. The van der Waals surface area contributed by atoms with Gasteiger partial charge in [-0.2, -0.15) is 0 Å². The number of amides is 1. The molecule has 1 amide bonds. The summed E-state index contributed by atoms with van der Waals surface area (Å²) >= 11 is 0. The topological polar surface area (TPSA) is 60.9 Å². The van der Waals surface area contributed by atoms with Crippen LogP contribution in [0.25, 0.3) is 0 Å². The van der Waals surface area contributed by atoms with Crippen LogP contribution in [0.15, 0.2) is 0 Å². The number of carboxylic acids is 1. The van der Waals surface area contributed by atoms with E-state index in [1.54, 1.807) is 11.9 Å². The first-order valence-corrected chi connectivity index (χ1v) is 4.70. The molecule has 0 aliphatic carbocycles. The van der Waals surface area contributed by atoms with E-state index in [1.807, 2.05) is 11.8 Å². The van der Waals surface area contributed by atoms with Crippen molar-refractivity contribution in [2.24, 2.45) is 0 Å². The molecule has 0 bridgehead atoms. The van der Waals surface area contributed by atoms with Gasteiger partial charge in [0.15, 0.2) is 0 Å². The predicted molar refractivity (Wildman–Crippen MR) is 50.9 cm³/mol. The third-order valence-electron chi connectivity index (χ3n) is 2.58. The van der Waals surface area contributed by atoms with Crippen molar-refractivity contribution in [3.05, 3.63) is 0 Å². The van der Waals surface area contributed by atoms with E-state index < -0.39 is 5.97 Å². The van der Waals surface area contributed by atoms with Crippen molar-refractivity contribution < 1.29 is 14.7 Å². The van der Waals surface area contributed by atoms with Gasteiger partial charge in [0.1, 0.15) is 0 Å². The molecule has 14 heavy (non-hydrogen) atoms. The number of hydrogen-bond acceptors (Lipinski definition) is 3. The second-order valence-corrected chi connectivity index (χ2v) is 3.73. The Labute approximate surface area is 83.3 Å². The molecule has 0 spiro atoms. The number of aliphatic carboxylic acids is 1. The number of piperazine rings is 1. The molecule has 1 rings (SSSR count). The summed E-state index contributed by atoms with van der Waals surface area (Å²) in [5.41, 5.74) is 0. The normalized spacial score (nSPS) is 21.0. The molecule has 0 aromatic heterocycles. The second kappa shape index (κ2) is 4.41. The van der Waals surface area contributed by atoms with Crippen LogP contribution in [-0.2, 0) is 9.59 Å². The molecule has 1 heterocycles. The van der Waals surface area contributed by atoms with Crippen LogP contribution in [0.2, 0.25) is 0 Å². The van der Waals surface area contributed by atoms with Crippen molar-refractivity contribution >= 4 is 11.9 Å². The Balaban J connectivity index is 2.46. The van der Waals surface area contributed by atoms with Crippen LogP contribution < -0.4 is 0 Å². The third-order valence-corrected chi connectivity index (χ3v) is 2.58. The number of carbonyl (C=O) groups excluding carboxylic acids is 1. The summed E-state index contributed by atoms with van der Waals surface area (Å²) in [6.45, 7) is 3.62. The molecule has 1 aliphatic heterocycles.